The first-order valence-electron chi connectivity index (χ1n) is 3.33. The summed E-state index contributed by atoms with van der Waals surface area (Å²) >= 11 is 0. The van der Waals surface area contributed by atoms with Crippen LogP contribution < -0.4 is 0 Å². The molecule has 5 N–H and O–H groups in total. The summed E-state index contributed by atoms with van der Waals surface area (Å²) in [6.07, 6.45) is -6.94. The summed E-state index contributed by atoms with van der Waals surface area (Å²) in [5, 5.41) is 43.4. The van der Waals surface area contributed by atoms with E-state index in [1.165, 1.54) is 6.92 Å². The number of aliphatic hydroxyl groups excluding tert-OH is 4. The molecule has 0 aliphatic rings. The molecule has 0 unspecified atom stereocenters. The Bertz CT molecular complexity index is 156. The molecule has 72 valence electrons. The van der Waals surface area contributed by atoms with Crippen LogP contribution in [0.3, 0.4) is 0 Å². The third kappa shape index (κ3) is 2.74. The van der Waals surface area contributed by atoms with Gasteiger partial charge in [0.2, 0.25) is 0 Å². The standard InChI is InChI=1S/C6H12O6/c1-2(7)3(8)4(9)5(10)6(11)12/h2-5,7-10H,1H3,(H,11,12)/t2-,3-,4+,5+/m0/s1. The molecular weight excluding hydrogens is 168 g/mol. The Hall–Kier alpha value is -0.690. The van der Waals surface area contributed by atoms with Crippen molar-refractivity contribution in [3.05, 3.63) is 0 Å². The Kier molecular flexibility index (Phi) is 4.11. The Morgan fingerprint density at radius 3 is 1.75 bits per heavy atom. The molecule has 0 spiro atoms. The third-order valence-electron chi connectivity index (χ3n) is 1.42. The second-order valence-electron chi connectivity index (χ2n) is 2.50. The maximum absolute atomic E-state index is 10.1. The molecule has 6 heteroatoms. The largest absolute Gasteiger partial charge is 0.479 e. The number of hydrogen-bond acceptors (Lipinski definition) is 5. The maximum atomic E-state index is 10.1. The monoisotopic (exact) mass is 180 g/mol. The van der Waals surface area contributed by atoms with Crippen LogP contribution in [0.25, 0.3) is 0 Å². The fraction of sp³-hybridized carbons (Fsp3) is 0.833. The molecule has 4 atom stereocenters. The van der Waals surface area contributed by atoms with Crippen LogP contribution in [-0.2, 0) is 4.79 Å². The van der Waals surface area contributed by atoms with Gasteiger partial charge in [-0.15, -0.1) is 0 Å². The highest BCUT2D eigenvalue weighted by molar-refractivity contribution is 5.72. The molecule has 0 aliphatic heterocycles. The number of aliphatic hydroxyl groups is 4. The van der Waals surface area contributed by atoms with Crippen molar-refractivity contribution in [3.63, 3.8) is 0 Å². The Morgan fingerprint density at radius 1 is 1.08 bits per heavy atom. The van der Waals surface area contributed by atoms with Crippen molar-refractivity contribution in [2.24, 2.45) is 0 Å². The van der Waals surface area contributed by atoms with Crippen molar-refractivity contribution in [1.29, 1.82) is 0 Å². The molecule has 0 aromatic carbocycles. The smallest absolute Gasteiger partial charge is 0.335 e. The molecule has 0 rings (SSSR count). The maximum Gasteiger partial charge on any atom is 0.335 e. The van der Waals surface area contributed by atoms with Crippen LogP contribution in [0, 0.1) is 0 Å². The van der Waals surface area contributed by atoms with Crippen molar-refractivity contribution in [3.8, 4) is 0 Å². The molecule has 6 nitrogen and oxygen atoms in total. The van der Waals surface area contributed by atoms with Gasteiger partial charge in [0, 0.05) is 0 Å². The topological polar surface area (TPSA) is 118 Å². The van der Waals surface area contributed by atoms with Crippen molar-refractivity contribution in [1.82, 2.24) is 0 Å². The van der Waals surface area contributed by atoms with Crippen LogP contribution in [0.5, 0.6) is 0 Å². The minimum Gasteiger partial charge on any atom is -0.479 e. The zero-order valence-corrected chi connectivity index (χ0v) is 6.45. The van der Waals surface area contributed by atoms with Crippen LogP contribution in [0.15, 0.2) is 0 Å². The van der Waals surface area contributed by atoms with E-state index >= 15 is 0 Å². The molecule has 0 bridgehead atoms. The Labute approximate surface area is 68.7 Å². The van der Waals surface area contributed by atoms with Crippen LogP contribution in [0.2, 0.25) is 0 Å². The number of aliphatic carboxylic acids is 1. The molecule has 0 aromatic heterocycles. The first kappa shape index (κ1) is 11.3. The zero-order valence-electron chi connectivity index (χ0n) is 6.45. The highest BCUT2D eigenvalue weighted by Crippen LogP contribution is 2.04. The van der Waals surface area contributed by atoms with E-state index in [4.69, 9.17) is 25.5 Å². The van der Waals surface area contributed by atoms with Gasteiger partial charge in [0.25, 0.3) is 0 Å². The predicted octanol–water partition coefficient (Wildman–Crippen LogP) is -2.47. The number of carbonyl (C=O) groups is 1. The SMILES string of the molecule is C[C@H](O)[C@H](O)[C@@H](O)[C@@H](O)C(=O)O. The normalized spacial score (nSPS) is 21.1. The Morgan fingerprint density at radius 2 is 1.50 bits per heavy atom. The lowest BCUT2D eigenvalue weighted by Gasteiger charge is -2.21. The first-order valence-corrected chi connectivity index (χ1v) is 3.33. The molecule has 12 heavy (non-hydrogen) atoms. The van der Waals surface area contributed by atoms with E-state index in [2.05, 4.69) is 0 Å². The average Bonchev–Trinajstić information content (AvgIpc) is 2.00. The number of rotatable bonds is 4. The van der Waals surface area contributed by atoms with Crippen LogP contribution >= 0.6 is 0 Å². The van der Waals surface area contributed by atoms with Crippen LogP contribution in [0.1, 0.15) is 6.92 Å². The van der Waals surface area contributed by atoms with E-state index < -0.39 is 30.4 Å². The fourth-order valence-corrected chi connectivity index (χ4v) is 0.618. The molecule has 0 amide bonds. The highest BCUT2D eigenvalue weighted by Gasteiger charge is 2.32. The second-order valence-corrected chi connectivity index (χ2v) is 2.50. The molecule has 0 aliphatic carbocycles. The van der Waals surface area contributed by atoms with E-state index in [1.807, 2.05) is 0 Å². The third-order valence-corrected chi connectivity index (χ3v) is 1.42. The molecule has 0 aromatic rings. The lowest BCUT2D eigenvalue weighted by Crippen LogP contribution is -2.46. The fourth-order valence-electron chi connectivity index (χ4n) is 0.618. The number of hydrogen-bond donors (Lipinski definition) is 5. The minimum atomic E-state index is -2.09. The van der Waals surface area contributed by atoms with Gasteiger partial charge in [-0.1, -0.05) is 0 Å². The van der Waals surface area contributed by atoms with Gasteiger partial charge in [-0.05, 0) is 6.92 Å². The van der Waals surface area contributed by atoms with Crippen molar-refractivity contribution in [2.45, 2.75) is 31.3 Å². The molecule has 0 heterocycles. The van der Waals surface area contributed by atoms with Gasteiger partial charge in [0.1, 0.15) is 12.2 Å². The van der Waals surface area contributed by atoms with Crippen molar-refractivity contribution >= 4 is 5.97 Å². The molecule has 0 saturated heterocycles. The summed E-state index contributed by atoms with van der Waals surface area (Å²) in [7, 11) is 0. The summed E-state index contributed by atoms with van der Waals surface area (Å²) in [4.78, 5) is 10.1. The van der Waals surface area contributed by atoms with Gasteiger partial charge in [-0.3, -0.25) is 0 Å². The second kappa shape index (κ2) is 4.36. The van der Waals surface area contributed by atoms with Crippen molar-refractivity contribution in [2.75, 3.05) is 0 Å². The predicted molar refractivity (Wildman–Crippen MR) is 37.3 cm³/mol. The van der Waals surface area contributed by atoms with Gasteiger partial charge >= 0.3 is 5.97 Å². The minimum absolute atomic E-state index is 1.17. The molecule has 0 fully saturated rings. The van der Waals surface area contributed by atoms with E-state index in [0.717, 1.165) is 0 Å². The van der Waals surface area contributed by atoms with E-state index in [-0.39, 0.29) is 0 Å². The Balaban J connectivity index is 4.18. The number of carboxylic acids is 1. The highest BCUT2D eigenvalue weighted by atomic mass is 16.4. The molecule has 0 saturated carbocycles. The van der Waals surface area contributed by atoms with Gasteiger partial charge in [-0.25, -0.2) is 4.79 Å². The summed E-state index contributed by atoms with van der Waals surface area (Å²) in [6, 6.07) is 0. The zero-order chi connectivity index (χ0) is 9.89. The van der Waals surface area contributed by atoms with Gasteiger partial charge < -0.3 is 25.5 Å². The van der Waals surface area contributed by atoms with E-state index in [1.54, 1.807) is 0 Å². The summed E-state index contributed by atoms with van der Waals surface area (Å²) in [5.41, 5.74) is 0. The quantitative estimate of drug-likeness (QED) is 0.327. The van der Waals surface area contributed by atoms with E-state index in [0.29, 0.717) is 0 Å². The lowest BCUT2D eigenvalue weighted by molar-refractivity contribution is -0.162. The van der Waals surface area contributed by atoms with Crippen molar-refractivity contribution < 1.29 is 30.3 Å². The first-order chi connectivity index (χ1) is 5.37. The average molecular weight is 180 g/mol. The van der Waals surface area contributed by atoms with Gasteiger partial charge in [0.15, 0.2) is 6.10 Å². The summed E-state index contributed by atoms with van der Waals surface area (Å²) < 4.78 is 0. The molecule has 0 radical (unpaired) electrons. The number of carboxylic acid groups (broad SMARTS) is 1. The summed E-state index contributed by atoms with van der Waals surface area (Å²) in [5.74, 6) is -1.65. The van der Waals surface area contributed by atoms with Crippen LogP contribution in [-0.4, -0.2) is 55.9 Å². The van der Waals surface area contributed by atoms with Gasteiger partial charge in [0.05, 0.1) is 6.10 Å². The lowest BCUT2D eigenvalue weighted by atomic mass is 10.0. The van der Waals surface area contributed by atoms with Crippen LogP contribution in [0.4, 0.5) is 0 Å². The van der Waals surface area contributed by atoms with Gasteiger partial charge in [-0.2, -0.15) is 0 Å². The summed E-state index contributed by atoms with van der Waals surface area (Å²) in [6.45, 7) is 1.17. The molecular formula is C6H12O6. The van der Waals surface area contributed by atoms with E-state index in [9.17, 15) is 4.79 Å².